The second-order valence-electron chi connectivity index (χ2n) is 5.51. The molecule has 2 rings (SSSR count). The molecular formula is C19H21FN2O5. The van der Waals surface area contributed by atoms with E-state index < -0.39 is 17.8 Å². The third-order valence-corrected chi connectivity index (χ3v) is 3.78. The van der Waals surface area contributed by atoms with E-state index in [-0.39, 0.29) is 11.3 Å². The number of nitrogens with one attached hydrogen (secondary N) is 2. The average Bonchev–Trinajstić information content (AvgIpc) is 2.68. The summed E-state index contributed by atoms with van der Waals surface area (Å²) in [6, 6.07) is 8.46. The molecule has 2 aromatic carbocycles. The number of esters is 1. The number of carbonyl (C=O) groups excluding carboxylic acids is 2. The van der Waals surface area contributed by atoms with Gasteiger partial charge in [0.05, 0.1) is 32.6 Å². The van der Waals surface area contributed by atoms with Crippen LogP contribution in [0, 0.1) is 5.82 Å². The number of anilines is 1. The van der Waals surface area contributed by atoms with E-state index in [0.29, 0.717) is 24.5 Å². The van der Waals surface area contributed by atoms with Crippen LogP contribution < -0.4 is 20.1 Å². The first-order valence-electron chi connectivity index (χ1n) is 8.12. The Hall–Kier alpha value is -3.29. The maximum atomic E-state index is 13.8. The second kappa shape index (κ2) is 9.42. The molecule has 144 valence electrons. The van der Waals surface area contributed by atoms with Gasteiger partial charge in [-0.05, 0) is 42.3 Å². The van der Waals surface area contributed by atoms with Gasteiger partial charge in [0, 0.05) is 6.54 Å². The van der Waals surface area contributed by atoms with Crippen LogP contribution in [0.1, 0.15) is 15.9 Å². The lowest BCUT2D eigenvalue weighted by atomic mass is 10.1. The Morgan fingerprint density at radius 1 is 1.00 bits per heavy atom. The smallest absolute Gasteiger partial charge is 0.337 e. The minimum Gasteiger partial charge on any atom is -0.493 e. The monoisotopic (exact) mass is 376 g/mol. The number of rotatable bonds is 7. The molecule has 2 amide bonds. The number of hydrogen-bond acceptors (Lipinski definition) is 5. The number of amides is 2. The first-order chi connectivity index (χ1) is 13.0. The van der Waals surface area contributed by atoms with Gasteiger partial charge in [0.1, 0.15) is 5.82 Å². The number of benzene rings is 2. The zero-order valence-electron chi connectivity index (χ0n) is 15.3. The van der Waals surface area contributed by atoms with Crippen molar-refractivity contribution in [3.05, 3.63) is 53.3 Å². The van der Waals surface area contributed by atoms with Gasteiger partial charge in [-0.25, -0.2) is 14.0 Å². The molecule has 0 aliphatic carbocycles. The summed E-state index contributed by atoms with van der Waals surface area (Å²) in [6.07, 6.45) is 0.540. The van der Waals surface area contributed by atoms with Crippen LogP contribution in [0.3, 0.4) is 0 Å². The van der Waals surface area contributed by atoms with Crippen molar-refractivity contribution in [2.75, 3.05) is 33.2 Å². The fourth-order valence-electron chi connectivity index (χ4n) is 2.39. The number of ether oxygens (including phenoxy) is 3. The van der Waals surface area contributed by atoms with Gasteiger partial charge in [-0.2, -0.15) is 0 Å². The highest BCUT2D eigenvalue weighted by Crippen LogP contribution is 2.27. The van der Waals surface area contributed by atoms with Crippen molar-refractivity contribution in [1.82, 2.24) is 5.32 Å². The zero-order chi connectivity index (χ0) is 19.8. The van der Waals surface area contributed by atoms with Crippen molar-refractivity contribution in [3.8, 4) is 11.5 Å². The van der Waals surface area contributed by atoms with Crippen molar-refractivity contribution < 1.29 is 28.2 Å². The third-order valence-electron chi connectivity index (χ3n) is 3.78. The summed E-state index contributed by atoms with van der Waals surface area (Å²) in [5, 5.41) is 5.01. The fourth-order valence-corrected chi connectivity index (χ4v) is 2.39. The summed E-state index contributed by atoms with van der Waals surface area (Å²) in [6.45, 7) is 0.319. The first-order valence-corrected chi connectivity index (χ1v) is 8.12. The molecule has 0 bridgehead atoms. The van der Waals surface area contributed by atoms with Gasteiger partial charge in [0.25, 0.3) is 0 Å². The van der Waals surface area contributed by atoms with Crippen molar-refractivity contribution in [3.63, 3.8) is 0 Å². The van der Waals surface area contributed by atoms with Crippen LogP contribution in [0.15, 0.2) is 36.4 Å². The van der Waals surface area contributed by atoms with Crippen molar-refractivity contribution in [1.29, 1.82) is 0 Å². The zero-order valence-corrected chi connectivity index (χ0v) is 15.3. The number of carbonyl (C=O) groups is 2. The maximum absolute atomic E-state index is 13.8. The van der Waals surface area contributed by atoms with Crippen LogP contribution in [-0.2, 0) is 11.2 Å². The largest absolute Gasteiger partial charge is 0.493 e. The molecule has 2 N–H and O–H groups in total. The molecule has 0 aromatic heterocycles. The van der Waals surface area contributed by atoms with Crippen LogP contribution in [-0.4, -0.2) is 39.9 Å². The maximum Gasteiger partial charge on any atom is 0.337 e. The van der Waals surface area contributed by atoms with Crippen molar-refractivity contribution in [2.24, 2.45) is 0 Å². The summed E-state index contributed by atoms with van der Waals surface area (Å²) in [5.41, 5.74) is 0.966. The number of halogens is 1. The van der Waals surface area contributed by atoms with Gasteiger partial charge in [0.2, 0.25) is 0 Å². The summed E-state index contributed by atoms with van der Waals surface area (Å²) >= 11 is 0. The van der Waals surface area contributed by atoms with Gasteiger partial charge >= 0.3 is 12.0 Å². The van der Waals surface area contributed by atoms with E-state index in [9.17, 15) is 14.0 Å². The minimum atomic E-state index is -0.655. The average molecular weight is 376 g/mol. The number of methoxy groups -OCH3 is 3. The van der Waals surface area contributed by atoms with E-state index in [1.807, 2.05) is 12.1 Å². The van der Waals surface area contributed by atoms with Gasteiger partial charge in [-0.3, -0.25) is 0 Å². The van der Waals surface area contributed by atoms with Gasteiger partial charge < -0.3 is 24.8 Å². The molecule has 7 nitrogen and oxygen atoms in total. The highest BCUT2D eigenvalue weighted by atomic mass is 19.1. The predicted octanol–water partition coefficient (Wildman–Crippen LogP) is 2.99. The highest BCUT2D eigenvalue weighted by molar-refractivity contribution is 5.94. The standard InChI is InChI=1S/C19H21FN2O5/c1-25-16-7-4-12(10-17(16)26-2)8-9-21-19(24)22-15-11-13(18(23)27-3)5-6-14(15)20/h4-7,10-11H,8-9H2,1-3H3,(H2,21,22,24). The number of urea groups is 1. The lowest BCUT2D eigenvalue weighted by Crippen LogP contribution is -2.30. The van der Waals surface area contributed by atoms with Crippen LogP contribution in [0.5, 0.6) is 11.5 Å². The Balaban J connectivity index is 1.92. The molecule has 0 unspecified atom stereocenters. The highest BCUT2D eigenvalue weighted by Gasteiger charge is 2.12. The lowest BCUT2D eigenvalue weighted by Gasteiger charge is -2.11. The molecular weight excluding hydrogens is 355 g/mol. The lowest BCUT2D eigenvalue weighted by molar-refractivity contribution is 0.0600. The van der Waals surface area contributed by atoms with E-state index >= 15 is 0 Å². The Labute approximate surface area is 156 Å². The van der Waals surface area contributed by atoms with Crippen LogP contribution in [0.4, 0.5) is 14.9 Å². The van der Waals surface area contributed by atoms with Gasteiger partial charge in [-0.1, -0.05) is 6.07 Å². The Morgan fingerprint density at radius 3 is 2.41 bits per heavy atom. The van der Waals surface area contributed by atoms with Gasteiger partial charge in [0.15, 0.2) is 11.5 Å². The molecule has 0 radical (unpaired) electrons. The summed E-state index contributed by atoms with van der Waals surface area (Å²) < 4.78 is 28.8. The van der Waals surface area contributed by atoms with Crippen LogP contribution in [0.25, 0.3) is 0 Å². The molecule has 0 spiro atoms. The van der Waals surface area contributed by atoms with Crippen LogP contribution in [0.2, 0.25) is 0 Å². The molecule has 0 atom stereocenters. The molecule has 27 heavy (non-hydrogen) atoms. The third kappa shape index (κ3) is 5.34. The normalized spacial score (nSPS) is 10.1. The Morgan fingerprint density at radius 2 is 1.74 bits per heavy atom. The van der Waals surface area contributed by atoms with Crippen LogP contribution >= 0.6 is 0 Å². The Kier molecular flexibility index (Phi) is 6.99. The molecule has 0 fully saturated rings. The van der Waals surface area contributed by atoms with E-state index in [2.05, 4.69) is 15.4 Å². The molecule has 2 aromatic rings. The molecule has 0 aliphatic heterocycles. The van der Waals surface area contributed by atoms with E-state index in [1.54, 1.807) is 20.3 Å². The molecule has 0 aliphatic rings. The first kappa shape index (κ1) is 20.0. The molecule has 0 saturated heterocycles. The molecule has 8 heteroatoms. The predicted molar refractivity (Wildman–Crippen MR) is 98.0 cm³/mol. The van der Waals surface area contributed by atoms with E-state index in [1.165, 1.54) is 19.2 Å². The van der Waals surface area contributed by atoms with Crippen molar-refractivity contribution >= 4 is 17.7 Å². The molecule has 0 heterocycles. The number of hydrogen-bond donors (Lipinski definition) is 2. The summed E-state index contributed by atoms with van der Waals surface area (Å²) in [7, 11) is 4.32. The fraction of sp³-hybridized carbons (Fsp3) is 0.263. The van der Waals surface area contributed by atoms with E-state index in [0.717, 1.165) is 11.6 Å². The Bertz CT molecular complexity index is 826. The van der Waals surface area contributed by atoms with Gasteiger partial charge in [-0.15, -0.1) is 0 Å². The summed E-state index contributed by atoms with van der Waals surface area (Å²) in [4.78, 5) is 23.5. The SMILES string of the molecule is COC(=O)c1ccc(F)c(NC(=O)NCCc2ccc(OC)c(OC)c2)c1. The molecule has 0 saturated carbocycles. The second-order valence-corrected chi connectivity index (χ2v) is 5.51. The van der Waals surface area contributed by atoms with Crippen molar-refractivity contribution in [2.45, 2.75) is 6.42 Å². The summed E-state index contributed by atoms with van der Waals surface area (Å²) in [5.74, 6) is -0.0568. The topological polar surface area (TPSA) is 85.9 Å². The quantitative estimate of drug-likeness (QED) is 0.726. The minimum absolute atomic E-state index is 0.110. The van der Waals surface area contributed by atoms with E-state index in [4.69, 9.17) is 9.47 Å².